The second-order valence-corrected chi connectivity index (χ2v) is 6.28. The molecule has 2 aromatic rings. The first-order valence-electron chi connectivity index (χ1n) is 6.02. The van der Waals surface area contributed by atoms with Crippen LogP contribution in [-0.2, 0) is 13.1 Å². The van der Waals surface area contributed by atoms with E-state index in [9.17, 15) is 0 Å². The Morgan fingerprint density at radius 3 is 2.32 bits per heavy atom. The van der Waals surface area contributed by atoms with Crippen molar-refractivity contribution in [3.63, 3.8) is 0 Å². The summed E-state index contributed by atoms with van der Waals surface area (Å²) in [6.07, 6.45) is 0. The van der Waals surface area contributed by atoms with E-state index < -0.39 is 0 Å². The first kappa shape index (κ1) is 14.6. The second kappa shape index (κ2) is 6.55. The van der Waals surface area contributed by atoms with Crippen LogP contribution in [0.4, 0.5) is 5.69 Å². The van der Waals surface area contributed by atoms with Gasteiger partial charge < -0.3 is 5.73 Å². The Hall–Kier alpha value is -0.840. The van der Waals surface area contributed by atoms with Crippen molar-refractivity contribution in [2.45, 2.75) is 13.1 Å². The molecule has 0 aliphatic rings. The molecule has 100 valence electrons. The van der Waals surface area contributed by atoms with Gasteiger partial charge in [-0.05, 0) is 30.8 Å². The molecule has 0 atom stereocenters. The second-order valence-electron chi connectivity index (χ2n) is 4.57. The van der Waals surface area contributed by atoms with Gasteiger partial charge in [-0.25, -0.2) is 0 Å². The van der Waals surface area contributed by atoms with E-state index in [0.717, 1.165) is 33.3 Å². The third kappa shape index (κ3) is 3.81. The summed E-state index contributed by atoms with van der Waals surface area (Å²) >= 11 is 7.14. The Kier molecular flexibility index (Phi) is 5.02. The van der Waals surface area contributed by atoms with Crippen LogP contribution in [-0.4, -0.2) is 11.9 Å². The number of rotatable bonds is 4. The van der Waals surface area contributed by atoms with Crippen molar-refractivity contribution in [1.82, 2.24) is 4.90 Å². The third-order valence-corrected chi connectivity index (χ3v) is 4.50. The summed E-state index contributed by atoms with van der Waals surface area (Å²) in [5.41, 5.74) is 9.26. The standard InChI is InChI=1S/C15H16Br2N2/c1-19(9-11-5-2-3-6-13(11)16)10-12-14(17)7-4-8-15(12)18/h2-8H,9-10,18H2,1H3. The molecule has 0 aromatic heterocycles. The van der Waals surface area contributed by atoms with Crippen LogP contribution in [0, 0.1) is 0 Å². The zero-order chi connectivity index (χ0) is 13.8. The number of hydrogen-bond donors (Lipinski definition) is 1. The lowest BCUT2D eigenvalue weighted by Crippen LogP contribution is -2.18. The van der Waals surface area contributed by atoms with Gasteiger partial charge in [-0.1, -0.05) is 56.1 Å². The van der Waals surface area contributed by atoms with Crippen molar-refractivity contribution in [2.75, 3.05) is 12.8 Å². The van der Waals surface area contributed by atoms with Crippen LogP contribution in [0.3, 0.4) is 0 Å². The first-order valence-corrected chi connectivity index (χ1v) is 7.61. The third-order valence-electron chi connectivity index (χ3n) is 2.98. The Labute approximate surface area is 130 Å². The molecule has 2 nitrogen and oxygen atoms in total. The molecule has 0 aliphatic carbocycles. The fraction of sp³-hybridized carbons (Fsp3) is 0.200. The summed E-state index contributed by atoms with van der Waals surface area (Å²) in [5, 5.41) is 0. The van der Waals surface area contributed by atoms with Gasteiger partial charge in [-0.3, -0.25) is 4.90 Å². The SMILES string of the molecule is CN(Cc1ccccc1Br)Cc1c(N)cccc1Br. The Morgan fingerprint density at radius 2 is 1.63 bits per heavy atom. The molecule has 2 rings (SSSR count). The Balaban J connectivity index is 2.10. The average Bonchev–Trinajstić information content (AvgIpc) is 2.37. The van der Waals surface area contributed by atoms with Gasteiger partial charge in [-0.15, -0.1) is 0 Å². The van der Waals surface area contributed by atoms with E-state index in [1.807, 2.05) is 24.3 Å². The van der Waals surface area contributed by atoms with Gasteiger partial charge in [0.15, 0.2) is 0 Å². The quantitative estimate of drug-likeness (QED) is 0.791. The molecule has 2 N–H and O–H groups in total. The monoisotopic (exact) mass is 382 g/mol. The van der Waals surface area contributed by atoms with E-state index in [-0.39, 0.29) is 0 Å². The minimum Gasteiger partial charge on any atom is -0.398 e. The van der Waals surface area contributed by atoms with Crippen LogP contribution < -0.4 is 5.73 Å². The molecular weight excluding hydrogens is 368 g/mol. The van der Waals surface area contributed by atoms with Crippen LogP contribution in [0.5, 0.6) is 0 Å². The number of nitrogens with zero attached hydrogens (tertiary/aromatic N) is 1. The van der Waals surface area contributed by atoms with Crippen molar-refractivity contribution < 1.29 is 0 Å². The average molecular weight is 384 g/mol. The van der Waals surface area contributed by atoms with E-state index in [1.54, 1.807) is 0 Å². The molecule has 0 bridgehead atoms. The lowest BCUT2D eigenvalue weighted by Gasteiger charge is -2.19. The molecule has 0 saturated heterocycles. The highest BCUT2D eigenvalue weighted by Gasteiger charge is 2.09. The van der Waals surface area contributed by atoms with E-state index in [2.05, 4.69) is 62.0 Å². The molecule has 0 saturated carbocycles. The molecule has 0 aliphatic heterocycles. The van der Waals surface area contributed by atoms with Crippen molar-refractivity contribution in [1.29, 1.82) is 0 Å². The first-order chi connectivity index (χ1) is 9.08. The van der Waals surface area contributed by atoms with Crippen LogP contribution in [0.2, 0.25) is 0 Å². The molecule has 0 amide bonds. The highest BCUT2D eigenvalue weighted by molar-refractivity contribution is 9.10. The fourth-order valence-corrected chi connectivity index (χ4v) is 2.90. The van der Waals surface area contributed by atoms with Crippen molar-refractivity contribution in [3.8, 4) is 0 Å². The van der Waals surface area contributed by atoms with Crippen molar-refractivity contribution in [2.24, 2.45) is 0 Å². The molecule has 0 unspecified atom stereocenters. The fourth-order valence-electron chi connectivity index (χ4n) is 1.99. The molecular formula is C15H16Br2N2. The van der Waals surface area contributed by atoms with Gasteiger partial charge in [0.05, 0.1) is 0 Å². The van der Waals surface area contributed by atoms with E-state index in [1.165, 1.54) is 5.56 Å². The maximum Gasteiger partial charge on any atom is 0.0371 e. The molecule has 0 heterocycles. The summed E-state index contributed by atoms with van der Waals surface area (Å²) in [7, 11) is 2.10. The summed E-state index contributed by atoms with van der Waals surface area (Å²) in [6.45, 7) is 1.69. The van der Waals surface area contributed by atoms with E-state index in [0.29, 0.717) is 0 Å². The van der Waals surface area contributed by atoms with Gasteiger partial charge in [0.2, 0.25) is 0 Å². The highest BCUT2D eigenvalue weighted by Crippen LogP contribution is 2.25. The van der Waals surface area contributed by atoms with Gasteiger partial charge in [-0.2, -0.15) is 0 Å². The zero-order valence-electron chi connectivity index (χ0n) is 10.7. The number of anilines is 1. The topological polar surface area (TPSA) is 29.3 Å². The van der Waals surface area contributed by atoms with Crippen LogP contribution in [0.25, 0.3) is 0 Å². The molecule has 19 heavy (non-hydrogen) atoms. The van der Waals surface area contributed by atoms with Crippen molar-refractivity contribution >= 4 is 37.5 Å². The lowest BCUT2D eigenvalue weighted by atomic mass is 10.1. The number of halogens is 2. The Morgan fingerprint density at radius 1 is 0.947 bits per heavy atom. The predicted molar refractivity (Wildman–Crippen MR) is 87.9 cm³/mol. The largest absolute Gasteiger partial charge is 0.398 e. The summed E-state index contributed by atoms with van der Waals surface area (Å²) in [6, 6.07) is 14.2. The minimum absolute atomic E-state index is 0.814. The predicted octanol–water partition coefficient (Wildman–Crippen LogP) is 4.43. The number of nitrogen functional groups attached to an aromatic ring is 1. The maximum atomic E-state index is 6.03. The van der Waals surface area contributed by atoms with Gasteiger partial charge in [0.25, 0.3) is 0 Å². The number of benzene rings is 2. The van der Waals surface area contributed by atoms with Crippen LogP contribution in [0.1, 0.15) is 11.1 Å². The summed E-state index contributed by atoms with van der Waals surface area (Å²) in [4.78, 5) is 2.25. The summed E-state index contributed by atoms with van der Waals surface area (Å²) in [5.74, 6) is 0. The lowest BCUT2D eigenvalue weighted by molar-refractivity contribution is 0.318. The van der Waals surface area contributed by atoms with E-state index in [4.69, 9.17) is 5.73 Å². The minimum atomic E-state index is 0.814. The Bertz CT molecular complexity index is 550. The summed E-state index contributed by atoms with van der Waals surface area (Å²) < 4.78 is 2.20. The van der Waals surface area contributed by atoms with E-state index >= 15 is 0 Å². The molecule has 2 aromatic carbocycles. The normalized spacial score (nSPS) is 10.9. The van der Waals surface area contributed by atoms with Crippen LogP contribution in [0.15, 0.2) is 51.4 Å². The highest BCUT2D eigenvalue weighted by atomic mass is 79.9. The maximum absolute atomic E-state index is 6.03. The smallest absolute Gasteiger partial charge is 0.0371 e. The van der Waals surface area contributed by atoms with Gasteiger partial charge in [0.1, 0.15) is 0 Å². The van der Waals surface area contributed by atoms with Crippen molar-refractivity contribution in [3.05, 3.63) is 62.5 Å². The molecule has 0 radical (unpaired) electrons. The molecule has 0 fully saturated rings. The molecule has 0 spiro atoms. The van der Waals surface area contributed by atoms with Gasteiger partial charge in [0, 0.05) is 33.3 Å². The number of hydrogen-bond acceptors (Lipinski definition) is 2. The molecule has 4 heteroatoms. The zero-order valence-corrected chi connectivity index (χ0v) is 13.9. The number of nitrogens with two attached hydrogens (primary N) is 1. The van der Waals surface area contributed by atoms with Gasteiger partial charge >= 0.3 is 0 Å². The van der Waals surface area contributed by atoms with Crippen LogP contribution >= 0.6 is 31.9 Å².